The SMILES string of the molecule is [C]1=CC2=CC=NC2S1. The van der Waals surface area contributed by atoms with Crippen LogP contribution in [0.2, 0.25) is 0 Å². The molecule has 0 N–H and O–H groups in total. The van der Waals surface area contributed by atoms with E-state index >= 15 is 0 Å². The summed E-state index contributed by atoms with van der Waals surface area (Å²) in [6.07, 6.45) is 5.87. The lowest BCUT2D eigenvalue weighted by molar-refractivity contribution is 1.16. The molecule has 2 heterocycles. The smallest absolute Gasteiger partial charge is 0.125 e. The summed E-state index contributed by atoms with van der Waals surface area (Å²) >= 11 is 1.64. The van der Waals surface area contributed by atoms with Crippen LogP contribution in [0.3, 0.4) is 0 Å². The molecule has 2 rings (SSSR count). The van der Waals surface area contributed by atoms with Crippen LogP contribution < -0.4 is 0 Å². The van der Waals surface area contributed by atoms with Crippen molar-refractivity contribution >= 4 is 18.0 Å². The molecule has 1 nitrogen and oxygen atoms in total. The Hall–Kier alpha value is -0.500. The zero-order valence-electron chi connectivity index (χ0n) is 4.16. The zero-order chi connectivity index (χ0) is 5.40. The predicted octanol–water partition coefficient (Wildman–Crippen LogP) is 1.39. The van der Waals surface area contributed by atoms with Crippen molar-refractivity contribution in [3.05, 3.63) is 23.1 Å². The standard InChI is InChI=1S/C6H4NS/c1-3-7-6-5(1)2-4-8-6/h1-3,6H. The summed E-state index contributed by atoms with van der Waals surface area (Å²) in [5, 5.41) is 3.39. The summed E-state index contributed by atoms with van der Waals surface area (Å²) < 4.78 is 0. The first-order valence-electron chi connectivity index (χ1n) is 2.44. The molecule has 2 aliphatic heterocycles. The number of hydrogen-bond donors (Lipinski definition) is 0. The molecule has 0 saturated carbocycles. The summed E-state index contributed by atoms with van der Waals surface area (Å²) in [6.45, 7) is 0. The number of fused-ring (bicyclic) bond motifs is 1. The quantitative estimate of drug-likeness (QED) is 0.473. The molecule has 0 aliphatic carbocycles. The van der Waals surface area contributed by atoms with Crippen molar-refractivity contribution in [2.24, 2.45) is 4.99 Å². The van der Waals surface area contributed by atoms with Crippen molar-refractivity contribution in [2.75, 3.05) is 0 Å². The van der Waals surface area contributed by atoms with E-state index in [1.165, 1.54) is 5.57 Å². The van der Waals surface area contributed by atoms with E-state index in [9.17, 15) is 0 Å². The summed E-state index contributed by atoms with van der Waals surface area (Å²) in [7, 11) is 0. The van der Waals surface area contributed by atoms with Crippen LogP contribution in [-0.4, -0.2) is 11.6 Å². The van der Waals surface area contributed by atoms with Crippen LogP contribution in [0.15, 0.2) is 22.7 Å². The first-order valence-corrected chi connectivity index (χ1v) is 3.32. The molecule has 39 valence electrons. The van der Waals surface area contributed by atoms with Gasteiger partial charge in [0.1, 0.15) is 5.37 Å². The van der Waals surface area contributed by atoms with Gasteiger partial charge in [-0.2, -0.15) is 0 Å². The predicted molar refractivity (Wildman–Crippen MR) is 35.8 cm³/mol. The minimum Gasteiger partial charge on any atom is -0.274 e. The monoisotopic (exact) mass is 122 g/mol. The van der Waals surface area contributed by atoms with Crippen LogP contribution in [0.4, 0.5) is 0 Å². The summed E-state index contributed by atoms with van der Waals surface area (Å²) in [6, 6.07) is 0. The maximum absolute atomic E-state index is 4.15. The van der Waals surface area contributed by atoms with Crippen LogP contribution in [0, 0.1) is 5.41 Å². The van der Waals surface area contributed by atoms with Crippen LogP contribution in [-0.2, 0) is 0 Å². The van der Waals surface area contributed by atoms with Gasteiger partial charge in [0.2, 0.25) is 0 Å². The maximum Gasteiger partial charge on any atom is 0.125 e. The Balaban J connectivity index is 2.39. The number of thioether (sulfide) groups is 1. The molecule has 2 aliphatic rings. The van der Waals surface area contributed by atoms with E-state index in [1.54, 1.807) is 11.8 Å². The third-order valence-corrected chi connectivity index (χ3v) is 2.05. The minimum absolute atomic E-state index is 0.356. The number of rotatable bonds is 0. The van der Waals surface area contributed by atoms with Gasteiger partial charge < -0.3 is 0 Å². The fraction of sp³-hybridized carbons (Fsp3) is 0.167. The highest BCUT2D eigenvalue weighted by Gasteiger charge is 2.17. The zero-order valence-corrected chi connectivity index (χ0v) is 4.98. The average Bonchev–Trinajstić information content (AvgIpc) is 2.15. The number of nitrogens with zero attached hydrogens (tertiary/aromatic N) is 1. The highest BCUT2D eigenvalue weighted by molar-refractivity contribution is 8.02. The number of allylic oxidation sites excluding steroid dienone is 1. The molecular weight excluding hydrogens is 118 g/mol. The minimum atomic E-state index is 0.356. The highest BCUT2D eigenvalue weighted by atomic mass is 32.2. The Morgan fingerprint density at radius 2 is 2.75 bits per heavy atom. The van der Waals surface area contributed by atoms with E-state index in [0.717, 1.165) is 0 Å². The normalized spacial score (nSPS) is 31.0. The van der Waals surface area contributed by atoms with E-state index in [2.05, 4.69) is 10.4 Å². The molecule has 0 fully saturated rings. The van der Waals surface area contributed by atoms with E-state index < -0.39 is 0 Å². The molecule has 2 heteroatoms. The first-order chi connectivity index (χ1) is 3.97. The van der Waals surface area contributed by atoms with Crippen LogP contribution in [0.25, 0.3) is 0 Å². The van der Waals surface area contributed by atoms with E-state index in [0.29, 0.717) is 5.37 Å². The van der Waals surface area contributed by atoms with Crippen molar-refractivity contribution < 1.29 is 0 Å². The van der Waals surface area contributed by atoms with Gasteiger partial charge >= 0.3 is 0 Å². The van der Waals surface area contributed by atoms with E-state index in [1.807, 2.05) is 18.4 Å². The van der Waals surface area contributed by atoms with E-state index in [-0.39, 0.29) is 0 Å². The van der Waals surface area contributed by atoms with Gasteiger partial charge in [0.25, 0.3) is 0 Å². The van der Waals surface area contributed by atoms with Crippen LogP contribution in [0.1, 0.15) is 0 Å². The molecule has 1 atom stereocenters. The fourth-order valence-corrected chi connectivity index (χ4v) is 1.51. The second-order valence-corrected chi connectivity index (χ2v) is 2.62. The molecule has 1 radical (unpaired) electrons. The van der Waals surface area contributed by atoms with Gasteiger partial charge in [-0.05, 0) is 17.7 Å². The lowest BCUT2D eigenvalue weighted by Gasteiger charge is -1.94. The summed E-state index contributed by atoms with van der Waals surface area (Å²) in [4.78, 5) is 4.15. The van der Waals surface area contributed by atoms with E-state index in [4.69, 9.17) is 0 Å². The van der Waals surface area contributed by atoms with Gasteiger partial charge in [-0.3, -0.25) is 4.99 Å². The van der Waals surface area contributed by atoms with Gasteiger partial charge in [0.15, 0.2) is 0 Å². The lowest BCUT2D eigenvalue weighted by Crippen LogP contribution is -1.88. The van der Waals surface area contributed by atoms with Gasteiger partial charge in [-0.15, -0.1) is 0 Å². The molecule has 0 amide bonds. The highest BCUT2D eigenvalue weighted by Crippen LogP contribution is 2.30. The first kappa shape index (κ1) is 4.39. The molecular formula is C6H4NS. The molecule has 8 heavy (non-hydrogen) atoms. The Labute approximate surface area is 52.2 Å². The van der Waals surface area contributed by atoms with Gasteiger partial charge in [-0.1, -0.05) is 11.8 Å². The third kappa shape index (κ3) is 0.464. The molecule has 0 bridgehead atoms. The van der Waals surface area contributed by atoms with Gasteiger partial charge in [-0.25, -0.2) is 0 Å². The Morgan fingerprint density at radius 1 is 1.75 bits per heavy atom. The van der Waals surface area contributed by atoms with Crippen LogP contribution >= 0.6 is 11.8 Å². The fourth-order valence-electron chi connectivity index (χ4n) is 0.760. The number of hydrogen-bond acceptors (Lipinski definition) is 2. The second kappa shape index (κ2) is 1.49. The maximum atomic E-state index is 4.15. The Kier molecular flexibility index (Phi) is 0.815. The molecule has 0 spiro atoms. The molecule has 0 aromatic heterocycles. The Morgan fingerprint density at radius 3 is 3.62 bits per heavy atom. The summed E-state index contributed by atoms with van der Waals surface area (Å²) in [5.74, 6) is 0. The van der Waals surface area contributed by atoms with Gasteiger partial charge in [0.05, 0.1) is 0 Å². The Bertz CT molecular complexity index is 191. The van der Waals surface area contributed by atoms with Gasteiger partial charge in [0, 0.05) is 11.6 Å². The third-order valence-electron chi connectivity index (χ3n) is 1.18. The van der Waals surface area contributed by atoms with Crippen molar-refractivity contribution in [3.63, 3.8) is 0 Å². The van der Waals surface area contributed by atoms with Crippen molar-refractivity contribution in [1.29, 1.82) is 0 Å². The molecule has 0 aromatic rings. The second-order valence-electron chi connectivity index (χ2n) is 1.70. The lowest BCUT2D eigenvalue weighted by atomic mass is 10.3. The van der Waals surface area contributed by atoms with Crippen molar-refractivity contribution in [3.8, 4) is 0 Å². The summed E-state index contributed by atoms with van der Waals surface area (Å²) in [5.41, 5.74) is 1.29. The van der Waals surface area contributed by atoms with Crippen molar-refractivity contribution in [2.45, 2.75) is 5.37 Å². The topological polar surface area (TPSA) is 12.4 Å². The molecule has 0 saturated heterocycles. The molecule has 1 unspecified atom stereocenters. The molecule has 0 aromatic carbocycles. The number of aliphatic imine (C=N–C) groups is 1. The average molecular weight is 122 g/mol. The largest absolute Gasteiger partial charge is 0.274 e. The van der Waals surface area contributed by atoms with Crippen molar-refractivity contribution in [1.82, 2.24) is 0 Å². The van der Waals surface area contributed by atoms with Crippen LogP contribution in [0.5, 0.6) is 0 Å².